The number of nitrogens with zero attached hydrogens (tertiary/aromatic N) is 1. The molecule has 0 bridgehead atoms. The van der Waals surface area contributed by atoms with E-state index < -0.39 is 5.79 Å². The number of hydrogen-bond donors (Lipinski definition) is 0. The Labute approximate surface area is 129 Å². The lowest BCUT2D eigenvalue weighted by Crippen LogP contribution is -3.00. The van der Waals surface area contributed by atoms with Crippen molar-refractivity contribution in [3.05, 3.63) is 66.2 Å². The van der Waals surface area contributed by atoms with Crippen LogP contribution in [0.15, 0.2) is 54.9 Å². The summed E-state index contributed by atoms with van der Waals surface area (Å²) in [5.74, 6) is -1.00. The molecule has 0 saturated carbocycles. The molecular formula is C16H17ClFNO2. The van der Waals surface area contributed by atoms with Gasteiger partial charge >= 0.3 is 0 Å². The molecule has 0 atom stereocenters. The molecule has 0 unspecified atom stereocenters. The van der Waals surface area contributed by atoms with Crippen molar-refractivity contribution in [3.8, 4) is 0 Å². The summed E-state index contributed by atoms with van der Waals surface area (Å²) in [6, 6.07) is 12.3. The van der Waals surface area contributed by atoms with Crippen LogP contribution in [-0.2, 0) is 21.8 Å². The molecular weight excluding hydrogens is 293 g/mol. The zero-order chi connectivity index (χ0) is 13.8. The molecule has 5 heteroatoms. The van der Waals surface area contributed by atoms with Crippen molar-refractivity contribution < 1.29 is 30.8 Å². The van der Waals surface area contributed by atoms with Gasteiger partial charge in [0.1, 0.15) is 5.82 Å². The van der Waals surface area contributed by atoms with Gasteiger partial charge in [-0.05, 0) is 12.1 Å². The third kappa shape index (κ3) is 3.59. The number of hydrogen-bond acceptors (Lipinski definition) is 2. The number of halogens is 2. The third-order valence-corrected chi connectivity index (χ3v) is 3.51. The third-order valence-electron chi connectivity index (χ3n) is 3.51. The molecule has 0 spiro atoms. The molecule has 2 heterocycles. The first-order chi connectivity index (χ1) is 9.78. The van der Waals surface area contributed by atoms with Crippen molar-refractivity contribution in [2.75, 3.05) is 13.2 Å². The Balaban J connectivity index is 0.00000161. The molecule has 3 nitrogen and oxygen atoms in total. The van der Waals surface area contributed by atoms with Crippen LogP contribution in [0.4, 0.5) is 4.39 Å². The SMILES string of the molecule is Fc1ccc(C2(CC[n+]3ccccc3)OCCO2)cc1.[Cl-]. The van der Waals surface area contributed by atoms with E-state index in [-0.39, 0.29) is 18.2 Å². The topological polar surface area (TPSA) is 22.3 Å². The standard InChI is InChI=1S/C16H17FNO2.ClH/c17-15-6-4-14(5-7-15)16(19-12-13-20-16)8-11-18-9-2-1-3-10-18;/h1-7,9-10H,8,11-13H2;1H/q+1;/p-1. The van der Waals surface area contributed by atoms with E-state index in [9.17, 15) is 4.39 Å². The predicted octanol–water partition coefficient (Wildman–Crippen LogP) is -0.593. The zero-order valence-electron chi connectivity index (χ0n) is 11.5. The van der Waals surface area contributed by atoms with E-state index in [1.807, 2.05) is 30.6 Å². The van der Waals surface area contributed by atoms with E-state index in [4.69, 9.17) is 9.47 Å². The second-order valence-electron chi connectivity index (χ2n) is 4.82. The highest BCUT2D eigenvalue weighted by Gasteiger charge is 2.39. The minimum Gasteiger partial charge on any atom is -1.00 e. The first-order valence-corrected chi connectivity index (χ1v) is 6.77. The minimum absolute atomic E-state index is 0. The summed E-state index contributed by atoms with van der Waals surface area (Å²) in [7, 11) is 0. The van der Waals surface area contributed by atoms with Crippen molar-refractivity contribution >= 4 is 0 Å². The van der Waals surface area contributed by atoms with Crippen LogP contribution in [0.3, 0.4) is 0 Å². The Morgan fingerprint density at radius 1 is 1.00 bits per heavy atom. The summed E-state index contributed by atoms with van der Waals surface area (Å²) in [5, 5.41) is 0. The Kier molecular flexibility index (Phi) is 5.28. The van der Waals surface area contributed by atoms with Gasteiger partial charge in [-0.15, -0.1) is 0 Å². The summed E-state index contributed by atoms with van der Waals surface area (Å²) in [6.07, 6.45) is 4.70. The minimum atomic E-state index is -0.753. The Hall–Kier alpha value is -1.49. The number of rotatable bonds is 4. The monoisotopic (exact) mass is 309 g/mol. The lowest BCUT2D eigenvalue weighted by molar-refractivity contribution is -0.700. The van der Waals surface area contributed by atoms with Gasteiger partial charge in [-0.3, -0.25) is 0 Å². The molecule has 1 aromatic carbocycles. The number of benzene rings is 1. The van der Waals surface area contributed by atoms with Crippen LogP contribution in [0.25, 0.3) is 0 Å². The molecule has 112 valence electrons. The highest BCUT2D eigenvalue weighted by Crippen LogP contribution is 2.34. The summed E-state index contributed by atoms with van der Waals surface area (Å²) in [5.41, 5.74) is 0.868. The van der Waals surface area contributed by atoms with Crippen LogP contribution < -0.4 is 17.0 Å². The predicted molar refractivity (Wildman–Crippen MR) is 71.2 cm³/mol. The number of ether oxygens (including phenoxy) is 2. The zero-order valence-corrected chi connectivity index (χ0v) is 12.3. The highest BCUT2D eigenvalue weighted by molar-refractivity contribution is 5.21. The molecule has 0 N–H and O–H groups in total. The molecule has 21 heavy (non-hydrogen) atoms. The maximum Gasteiger partial charge on any atom is 0.201 e. The lowest BCUT2D eigenvalue weighted by atomic mass is 10.0. The second kappa shape index (κ2) is 6.98. The van der Waals surface area contributed by atoms with Gasteiger partial charge in [-0.2, -0.15) is 0 Å². The van der Waals surface area contributed by atoms with E-state index in [1.165, 1.54) is 12.1 Å². The van der Waals surface area contributed by atoms with Crippen molar-refractivity contribution in [3.63, 3.8) is 0 Å². The van der Waals surface area contributed by atoms with E-state index >= 15 is 0 Å². The summed E-state index contributed by atoms with van der Waals surface area (Å²) < 4.78 is 26.8. The maximum atomic E-state index is 13.1. The fourth-order valence-electron chi connectivity index (χ4n) is 2.47. The van der Waals surface area contributed by atoms with Gasteiger partial charge in [-0.1, -0.05) is 18.2 Å². The van der Waals surface area contributed by atoms with E-state index in [1.54, 1.807) is 12.1 Å². The molecule has 1 saturated heterocycles. The molecule has 1 aliphatic rings. The molecule has 0 aliphatic carbocycles. The lowest BCUT2D eigenvalue weighted by Gasteiger charge is -2.26. The first kappa shape index (κ1) is 15.9. The van der Waals surface area contributed by atoms with E-state index in [2.05, 4.69) is 4.57 Å². The highest BCUT2D eigenvalue weighted by atomic mass is 35.5. The first-order valence-electron chi connectivity index (χ1n) is 6.77. The van der Waals surface area contributed by atoms with E-state index in [0.29, 0.717) is 19.6 Å². The van der Waals surface area contributed by atoms with Crippen LogP contribution in [0.2, 0.25) is 0 Å². The summed E-state index contributed by atoms with van der Waals surface area (Å²) in [6.45, 7) is 1.91. The Morgan fingerprint density at radius 3 is 2.24 bits per heavy atom. The van der Waals surface area contributed by atoms with Crippen LogP contribution in [0, 0.1) is 5.82 Å². The molecule has 0 radical (unpaired) electrons. The molecule has 1 aliphatic heterocycles. The average molecular weight is 310 g/mol. The molecule has 2 aromatic rings. The molecule has 1 fully saturated rings. The normalized spacial score (nSPS) is 16.4. The molecule has 0 amide bonds. The van der Waals surface area contributed by atoms with Crippen LogP contribution in [-0.4, -0.2) is 13.2 Å². The van der Waals surface area contributed by atoms with Gasteiger partial charge in [0.05, 0.1) is 19.6 Å². The van der Waals surface area contributed by atoms with Gasteiger partial charge in [0, 0.05) is 17.7 Å². The van der Waals surface area contributed by atoms with E-state index in [0.717, 1.165) is 12.1 Å². The average Bonchev–Trinajstić information content (AvgIpc) is 2.97. The van der Waals surface area contributed by atoms with Gasteiger partial charge in [0.25, 0.3) is 0 Å². The van der Waals surface area contributed by atoms with Gasteiger partial charge in [0.15, 0.2) is 18.9 Å². The molecule has 1 aromatic heterocycles. The summed E-state index contributed by atoms with van der Waals surface area (Å²) in [4.78, 5) is 0. The smallest absolute Gasteiger partial charge is 0.201 e. The van der Waals surface area contributed by atoms with Crippen molar-refractivity contribution in [2.45, 2.75) is 18.8 Å². The Morgan fingerprint density at radius 2 is 1.62 bits per heavy atom. The van der Waals surface area contributed by atoms with Crippen molar-refractivity contribution in [1.29, 1.82) is 0 Å². The largest absolute Gasteiger partial charge is 1.00 e. The van der Waals surface area contributed by atoms with Crippen LogP contribution >= 0.6 is 0 Å². The molecule has 3 rings (SSSR count). The fraction of sp³-hybridized carbons (Fsp3) is 0.312. The Bertz CT molecular complexity index is 556. The number of pyridine rings is 1. The van der Waals surface area contributed by atoms with Crippen molar-refractivity contribution in [2.24, 2.45) is 0 Å². The van der Waals surface area contributed by atoms with Gasteiger partial charge in [-0.25, -0.2) is 8.96 Å². The van der Waals surface area contributed by atoms with Crippen LogP contribution in [0.5, 0.6) is 0 Å². The quantitative estimate of drug-likeness (QED) is 0.704. The maximum absolute atomic E-state index is 13.1. The van der Waals surface area contributed by atoms with Crippen molar-refractivity contribution in [1.82, 2.24) is 0 Å². The van der Waals surface area contributed by atoms with Crippen LogP contribution in [0.1, 0.15) is 12.0 Å². The summed E-state index contributed by atoms with van der Waals surface area (Å²) >= 11 is 0. The van der Waals surface area contributed by atoms with Gasteiger partial charge < -0.3 is 21.9 Å². The fourth-order valence-corrected chi connectivity index (χ4v) is 2.47. The van der Waals surface area contributed by atoms with Gasteiger partial charge in [0.2, 0.25) is 5.79 Å². The second-order valence-corrected chi connectivity index (χ2v) is 4.82. The number of aromatic nitrogens is 1. The number of aryl methyl sites for hydroxylation is 1.